The molecule has 6 heteroatoms. The Labute approximate surface area is 139 Å². The van der Waals surface area contributed by atoms with E-state index in [-0.39, 0.29) is 6.61 Å². The Morgan fingerprint density at radius 1 is 0.826 bits per heavy atom. The molecule has 134 valence electrons. The lowest BCUT2D eigenvalue weighted by Gasteiger charge is -2.05. The third-order valence-corrected chi connectivity index (χ3v) is 3.19. The fourth-order valence-electron chi connectivity index (χ4n) is 1.92. The zero-order valence-electron chi connectivity index (χ0n) is 14.3. The van der Waals surface area contributed by atoms with Gasteiger partial charge < -0.3 is 19.9 Å². The van der Waals surface area contributed by atoms with Gasteiger partial charge in [0.25, 0.3) is 0 Å². The van der Waals surface area contributed by atoms with Crippen molar-refractivity contribution in [3.8, 4) is 0 Å². The van der Waals surface area contributed by atoms with E-state index in [0.29, 0.717) is 13.2 Å². The summed E-state index contributed by atoms with van der Waals surface area (Å²) in [6.45, 7) is 3.13. The summed E-state index contributed by atoms with van der Waals surface area (Å²) in [5, 5.41) is 0. The van der Waals surface area contributed by atoms with Crippen molar-refractivity contribution < 1.29 is 23.8 Å². The van der Waals surface area contributed by atoms with E-state index in [1.54, 1.807) is 0 Å². The van der Waals surface area contributed by atoms with Crippen LogP contribution in [0.15, 0.2) is 12.2 Å². The smallest absolute Gasteiger partial charge is 0.450 e. The predicted molar refractivity (Wildman–Crippen MR) is 89.2 cm³/mol. The minimum Gasteiger partial charge on any atom is -0.450 e. The van der Waals surface area contributed by atoms with Crippen LogP contribution in [-0.4, -0.2) is 32.1 Å². The molecule has 0 saturated heterocycles. The molecule has 0 aliphatic heterocycles. The summed E-state index contributed by atoms with van der Waals surface area (Å²) in [7, 11) is 0. The molecule has 0 heterocycles. The number of hydrogen-bond acceptors (Lipinski definition) is 5. The number of primary amides is 1. The second-order valence-electron chi connectivity index (χ2n) is 5.31. The van der Waals surface area contributed by atoms with Crippen molar-refractivity contribution in [1.29, 1.82) is 0 Å². The lowest BCUT2D eigenvalue weighted by molar-refractivity contribution is 0.0617. The summed E-state index contributed by atoms with van der Waals surface area (Å²) in [4.78, 5) is 21.6. The molecule has 6 nitrogen and oxygen atoms in total. The topological polar surface area (TPSA) is 87.8 Å². The number of ether oxygens (including phenoxy) is 3. The van der Waals surface area contributed by atoms with Gasteiger partial charge in [0.05, 0.1) is 13.2 Å². The number of hydrogen-bond donors (Lipinski definition) is 1. The van der Waals surface area contributed by atoms with Crippen molar-refractivity contribution in [3.05, 3.63) is 12.2 Å². The third kappa shape index (κ3) is 18.2. The highest BCUT2D eigenvalue weighted by Gasteiger charge is 2.01. The van der Waals surface area contributed by atoms with Crippen LogP contribution in [0.5, 0.6) is 0 Å². The van der Waals surface area contributed by atoms with Crippen LogP contribution >= 0.6 is 0 Å². The van der Waals surface area contributed by atoms with E-state index in [9.17, 15) is 9.59 Å². The molecule has 1 amide bonds. The van der Waals surface area contributed by atoms with Gasteiger partial charge in [-0.25, -0.2) is 9.59 Å². The molecule has 0 aromatic carbocycles. The molecule has 23 heavy (non-hydrogen) atoms. The molecule has 2 N–H and O–H groups in total. The first-order chi connectivity index (χ1) is 11.2. The normalized spacial score (nSPS) is 10.7. The number of nitrogens with two attached hydrogens (primary N) is 1. The number of carbonyl (C=O) groups is 2. The third-order valence-electron chi connectivity index (χ3n) is 3.19. The standard InChI is InChI=1S/C17H31NO5/c1-2-3-4-5-6-7-11-14-22-17(20)23-15-12-9-8-10-13-21-16(18)19/h7,11H,2-6,8-10,12-15H2,1H3,(H2,18,19)/b11-7-. The maximum absolute atomic E-state index is 11.3. The molecule has 0 spiro atoms. The average Bonchev–Trinajstić information content (AvgIpc) is 2.52. The molecular weight excluding hydrogens is 298 g/mol. The van der Waals surface area contributed by atoms with Crippen molar-refractivity contribution in [1.82, 2.24) is 0 Å². The van der Waals surface area contributed by atoms with Gasteiger partial charge in [0, 0.05) is 0 Å². The molecule has 0 aliphatic carbocycles. The molecule has 0 aliphatic rings. The lowest BCUT2D eigenvalue weighted by Crippen LogP contribution is -2.13. The average molecular weight is 329 g/mol. The van der Waals surface area contributed by atoms with Crippen LogP contribution in [0, 0.1) is 0 Å². The van der Waals surface area contributed by atoms with E-state index < -0.39 is 12.2 Å². The van der Waals surface area contributed by atoms with E-state index in [1.807, 2.05) is 12.2 Å². The molecule has 0 saturated carbocycles. The van der Waals surface area contributed by atoms with Crippen molar-refractivity contribution in [3.63, 3.8) is 0 Å². The van der Waals surface area contributed by atoms with Gasteiger partial charge in [0.1, 0.15) is 6.61 Å². The Bertz CT molecular complexity index is 331. The molecule has 0 bridgehead atoms. The van der Waals surface area contributed by atoms with E-state index in [4.69, 9.17) is 15.2 Å². The van der Waals surface area contributed by atoms with Gasteiger partial charge in [-0.1, -0.05) is 38.3 Å². The minimum atomic E-state index is -0.744. The fourth-order valence-corrected chi connectivity index (χ4v) is 1.92. The van der Waals surface area contributed by atoms with Crippen LogP contribution in [0.3, 0.4) is 0 Å². The number of amides is 1. The summed E-state index contributed by atoms with van der Waals surface area (Å²) in [5.74, 6) is 0. The maximum Gasteiger partial charge on any atom is 0.508 e. The van der Waals surface area contributed by atoms with E-state index >= 15 is 0 Å². The molecule has 0 aromatic rings. The molecule has 0 aromatic heterocycles. The van der Waals surface area contributed by atoms with Crippen molar-refractivity contribution in [2.75, 3.05) is 19.8 Å². The van der Waals surface area contributed by atoms with Crippen LogP contribution in [0.25, 0.3) is 0 Å². The van der Waals surface area contributed by atoms with Gasteiger partial charge in [-0.15, -0.1) is 0 Å². The van der Waals surface area contributed by atoms with Gasteiger partial charge in [-0.05, 0) is 38.5 Å². The second-order valence-corrected chi connectivity index (χ2v) is 5.31. The highest BCUT2D eigenvalue weighted by Crippen LogP contribution is 2.03. The molecule has 0 radical (unpaired) electrons. The molecule has 0 atom stereocenters. The van der Waals surface area contributed by atoms with E-state index in [2.05, 4.69) is 11.7 Å². The SMILES string of the molecule is CCCCCC/C=C\COC(=O)OCCCCCCOC(N)=O. The Hall–Kier alpha value is -1.72. The summed E-state index contributed by atoms with van der Waals surface area (Å²) in [5.41, 5.74) is 4.84. The van der Waals surface area contributed by atoms with Gasteiger partial charge in [0.2, 0.25) is 0 Å². The summed E-state index contributed by atoms with van der Waals surface area (Å²) >= 11 is 0. The number of rotatable bonds is 14. The first-order valence-corrected chi connectivity index (χ1v) is 8.53. The van der Waals surface area contributed by atoms with Crippen LogP contribution < -0.4 is 5.73 Å². The van der Waals surface area contributed by atoms with Crippen molar-refractivity contribution >= 4 is 12.2 Å². The first kappa shape index (κ1) is 21.3. The van der Waals surface area contributed by atoms with E-state index in [1.165, 1.54) is 25.7 Å². The Kier molecular flexibility index (Phi) is 15.4. The van der Waals surface area contributed by atoms with Gasteiger partial charge in [0.15, 0.2) is 0 Å². The van der Waals surface area contributed by atoms with E-state index in [0.717, 1.165) is 32.1 Å². The quantitative estimate of drug-likeness (QED) is 0.291. The lowest BCUT2D eigenvalue weighted by atomic mass is 10.1. The van der Waals surface area contributed by atoms with Gasteiger partial charge >= 0.3 is 12.2 Å². The minimum absolute atomic E-state index is 0.261. The monoisotopic (exact) mass is 329 g/mol. The molecule has 0 rings (SSSR count). The number of allylic oxidation sites excluding steroid dienone is 1. The number of carbonyl (C=O) groups excluding carboxylic acids is 2. The zero-order chi connectivity index (χ0) is 17.2. The maximum atomic E-state index is 11.3. The molecule has 0 unspecified atom stereocenters. The molecular formula is C17H31NO5. The summed E-state index contributed by atoms with van der Waals surface area (Å²) in [6.07, 6.45) is 11.8. The van der Waals surface area contributed by atoms with Crippen molar-refractivity contribution in [2.45, 2.75) is 64.7 Å². The highest BCUT2D eigenvalue weighted by atomic mass is 16.7. The van der Waals surface area contributed by atoms with Crippen LogP contribution in [0.1, 0.15) is 64.7 Å². The number of unbranched alkanes of at least 4 members (excludes halogenated alkanes) is 7. The van der Waals surface area contributed by atoms with Crippen LogP contribution in [0.2, 0.25) is 0 Å². The van der Waals surface area contributed by atoms with Crippen LogP contribution in [-0.2, 0) is 14.2 Å². The van der Waals surface area contributed by atoms with Crippen LogP contribution in [0.4, 0.5) is 9.59 Å². The fraction of sp³-hybridized carbons (Fsp3) is 0.765. The Balaban J connectivity index is 3.27. The Morgan fingerprint density at radius 3 is 2.13 bits per heavy atom. The predicted octanol–water partition coefficient (Wildman–Crippen LogP) is 4.32. The van der Waals surface area contributed by atoms with Gasteiger partial charge in [-0.2, -0.15) is 0 Å². The second kappa shape index (κ2) is 16.6. The van der Waals surface area contributed by atoms with Crippen molar-refractivity contribution in [2.24, 2.45) is 5.73 Å². The first-order valence-electron chi connectivity index (χ1n) is 8.53. The highest BCUT2D eigenvalue weighted by molar-refractivity contribution is 5.64. The summed E-state index contributed by atoms with van der Waals surface area (Å²) < 4.78 is 14.5. The van der Waals surface area contributed by atoms with Gasteiger partial charge in [-0.3, -0.25) is 0 Å². The Morgan fingerprint density at radius 2 is 1.48 bits per heavy atom. The summed E-state index contributed by atoms with van der Waals surface area (Å²) in [6, 6.07) is 0. The molecule has 0 fully saturated rings. The largest absolute Gasteiger partial charge is 0.508 e. The zero-order valence-corrected chi connectivity index (χ0v) is 14.3.